The summed E-state index contributed by atoms with van der Waals surface area (Å²) in [5.41, 5.74) is 0.921. The second-order valence-corrected chi connectivity index (χ2v) is 6.54. The molecule has 7 nitrogen and oxygen atoms in total. The third-order valence-corrected chi connectivity index (χ3v) is 4.75. The van der Waals surface area contributed by atoms with E-state index in [1.807, 2.05) is 25.3 Å². The monoisotopic (exact) mass is 329 g/mol. The number of aryl methyl sites for hydroxylation is 1. The lowest BCUT2D eigenvalue weighted by molar-refractivity contribution is 0.0320. The predicted octanol–water partition coefficient (Wildman–Crippen LogP) is 1.60. The van der Waals surface area contributed by atoms with E-state index in [4.69, 9.17) is 9.26 Å². The number of pyridine rings is 1. The van der Waals surface area contributed by atoms with Crippen molar-refractivity contribution in [2.24, 2.45) is 5.92 Å². The minimum atomic E-state index is 0.548. The molecule has 0 saturated carbocycles. The van der Waals surface area contributed by atoms with Crippen molar-refractivity contribution >= 4 is 5.82 Å². The molecule has 7 heteroatoms. The average Bonchev–Trinajstić information content (AvgIpc) is 3.25. The van der Waals surface area contributed by atoms with E-state index in [1.54, 1.807) is 0 Å². The van der Waals surface area contributed by atoms with Crippen molar-refractivity contribution in [2.45, 2.75) is 13.3 Å². The van der Waals surface area contributed by atoms with Crippen molar-refractivity contribution in [2.75, 3.05) is 50.8 Å². The van der Waals surface area contributed by atoms with Crippen LogP contribution in [0.5, 0.6) is 0 Å². The summed E-state index contributed by atoms with van der Waals surface area (Å²) in [7, 11) is 0. The number of hydrogen-bond acceptors (Lipinski definition) is 7. The standard InChI is InChI=1S/C17H23N5O2/c1-13-19-17(24-20-13)15-3-2-5-18-16(15)22-6-4-14(12-22)11-21-7-9-23-10-8-21/h2-3,5,14H,4,6-12H2,1H3/t14-/m1/s1. The maximum atomic E-state index is 5.44. The molecule has 2 aliphatic rings. The highest BCUT2D eigenvalue weighted by molar-refractivity contribution is 5.70. The van der Waals surface area contributed by atoms with E-state index in [-0.39, 0.29) is 0 Å². The number of aromatic nitrogens is 3. The Kier molecular flexibility index (Phi) is 4.44. The van der Waals surface area contributed by atoms with Crippen LogP contribution in [0.4, 0.5) is 5.82 Å². The summed E-state index contributed by atoms with van der Waals surface area (Å²) in [5, 5.41) is 3.90. The zero-order chi connectivity index (χ0) is 16.4. The lowest BCUT2D eigenvalue weighted by atomic mass is 10.1. The van der Waals surface area contributed by atoms with Crippen LogP contribution < -0.4 is 4.90 Å². The fraction of sp³-hybridized carbons (Fsp3) is 0.588. The Hall–Kier alpha value is -1.99. The summed E-state index contributed by atoms with van der Waals surface area (Å²) in [5.74, 6) is 2.81. The summed E-state index contributed by atoms with van der Waals surface area (Å²) in [6.07, 6.45) is 3.02. The molecule has 1 atom stereocenters. The highest BCUT2D eigenvalue weighted by Crippen LogP contribution is 2.31. The van der Waals surface area contributed by atoms with E-state index in [0.29, 0.717) is 17.6 Å². The molecule has 0 amide bonds. The molecule has 2 saturated heterocycles. The normalized spacial score (nSPS) is 22.2. The number of ether oxygens (including phenoxy) is 1. The summed E-state index contributed by atoms with van der Waals surface area (Å²) >= 11 is 0. The molecule has 0 unspecified atom stereocenters. The van der Waals surface area contributed by atoms with E-state index < -0.39 is 0 Å². The van der Waals surface area contributed by atoms with Crippen LogP contribution in [0.3, 0.4) is 0 Å². The minimum absolute atomic E-state index is 0.548. The van der Waals surface area contributed by atoms with Gasteiger partial charge in [-0.15, -0.1) is 0 Å². The second-order valence-electron chi connectivity index (χ2n) is 6.54. The smallest absolute Gasteiger partial charge is 0.261 e. The summed E-state index contributed by atoms with van der Waals surface area (Å²) in [4.78, 5) is 13.8. The Morgan fingerprint density at radius 2 is 2.12 bits per heavy atom. The first kappa shape index (κ1) is 15.5. The molecular formula is C17H23N5O2. The van der Waals surface area contributed by atoms with Crippen LogP contribution in [0, 0.1) is 12.8 Å². The molecule has 128 valence electrons. The zero-order valence-corrected chi connectivity index (χ0v) is 14.0. The molecule has 2 aromatic heterocycles. The maximum Gasteiger partial charge on any atom is 0.261 e. The van der Waals surface area contributed by atoms with Gasteiger partial charge in [0.25, 0.3) is 5.89 Å². The second kappa shape index (κ2) is 6.86. The highest BCUT2D eigenvalue weighted by atomic mass is 16.5. The molecule has 0 aliphatic carbocycles. The molecule has 24 heavy (non-hydrogen) atoms. The topological polar surface area (TPSA) is 67.5 Å². The van der Waals surface area contributed by atoms with Crippen molar-refractivity contribution in [3.05, 3.63) is 24.2 Å². The molecule has 4 rings (SSSR count). The Balaban J connectivity index is 1.47. The van der Waals surface area contributed by atoms with Crippen LogP contribution in [0.25, 0.3) is 11.5 Å². The van der Waals surface area contributed by atoms with Crippen molar-refractivity contribution in [3.8, 4) is 11.5 Å². The third kappa shape index (κ3) is 3.27. The molecule has 2 aliphatic heterocycles. The largest absolute Gasteiger partial charge is 0.379 e. The van der Waals surface area contributed by atoms with Crippen LogP contribution in [0.2, 0.25) is 0 Å². The Labute approximate surface area is 141 Å². The van der Waals surface area contributed by atoms with Crippen molar-refractivity contribution in [1.29, 1.82) is 0 Å². The zero-order valence-electron chi connectivity index (χ0n) is 14.0. The number of rotatable bonds is 4. The van der Waals surface area contributed by atoms with Crippen LogP contribution in [-0.2, 0) is 4.74 Å². The summed E-state index contributed by atoms with van der Waals surface area (Å²) in [6.45, 7) is 8.83. The highest BCUT2D eigenvalue weighted by Gasteiger charge is 2.28. The number of hydrogen-bond donors (Lipinski definition) is 0. The SMILES string of the molecule is Cc1noc(-c2cccnc2N2CC[C@H](CN3CCOCC3)C2)n1. The summed E-state index contributed by atoms with van der Waals surface area (Å²) in [6, 6.07) is 3.92. The van der Waals surface area contributed by atoms with Crippen molar-refractivity contribution in [1.82, 2.24) is 20.0 Å². The van der Waals surface area contributed by atoms with E-state index in [2.05, 4.69) is 24.9 Å². The van der Waals surface area contributed by atoms with Gasteiger partial charge in [-0.3, -0.25) is 4.90 Å². The first-order chi connectivity index (χ1) is 11.8. The predicted molar refractivity (Wildman–Crippen MR) is 89.8 cm³/mol. The van der Waals surface area contributed by atoms with E-state index in [0.717, 1.165) is 57.3 Å². The Morgan fingerprint density at radius 3 is 2.92 bits per heavy atom. The minimum Gasteiger partial charge on any atom is -0.379 e. The number of anilines is 1. The fourth-order valence-electron chi connectivity index (χ4n) is 3.55. The summed E-state index contributed by atoms with van der Waals surface area (Å²) < 4.78 is 10.8. The Morgan fingerprint density at radius 1 is 1.25 bits per heavy atom. The van der Waals surface area contributed by atoms with Crippen LogP contribution in [-0.4, -0.2) is 66.0 Å². The first-order valence-corrected chi connectivity index (χ1v) is 8.60. The van der Waals surface area contributed by atoms with Gasteiger partial charge < -0.3 is 14.2 Å². The van der Waals surface area contributed by atoms with Crippen molar-refractivity contribution in [3.63, 3.8) is 0 Å². The molecule has 0 spiro atoms. The van der Waals surface area contributed by atoms with Gasteiger partial charge in [0.2, 0.25) is 0 Å². The number of nitrogens with zero attached hydrogens (tertiary/aromatic N) is 5. The fourth-order valence-corrected chi connectivity index (χ4v) is 3.55. The van der Waals surface area contributed by atoms with Gasteiger partial charge in [0.1, 0.15) is 5.82 Å². The van der Waals surface area contributed by atoms with Crippen LogP contribution in [0.15, 0.2) is 22.9 Å². The number of morpholine rings is 1. The van der Waals surface area contributed by atoms with Gasteiger partial charge in [0.15, 0.2) is 5.82 Å². The maximum absolute atomic E-state index is 5.44. The lowest BCUT2D eigenvalue weighted by Crippen LogP contribution is -2.40. The van der Waals surface area contributed by atoms with Crippen LogP contribution >= 0.6 is 0 Å². The molecule has 2 fully saturated rings. The van der Waals surface area contributed by atoms with Crippen molar-refractivity contribution < 1.29 is 9.26 Å². The molecule has 0 radical (unpaired) electrons. The molecule has 0 N–H and O–H groups in total. The van der Waals surface area contributed by atoms with Gasteiger partial charge in [-0.25, -0.2) is 4.98 Å². The molecular weight excluding hydrogens is 306 g/mol. The van der Waals surface area contributed by atoms with Gasteiger partial charge in [-0.05, 0) is 31.4 Å². The molecule has 4 heterocycles. The van der Waals surface area contributed by atoms with Gasteiger partial charge in [-0.2, -0.15) is 4.98 Å². The molecule has 0 aromatic carbocycles. The van der Waals surface area contributed by atoms with Gasteiger partial charge in [0.05, 0.1) is 18.8 Å². The first-order valence-electron chi connectivity index (χ1n) is 8.60. The molecule has 2 aromatic rings. The van der Waals surface area contributed by atoms with E-state index >= 15 is 0 Å². The van der Waals surface area contributed by atoms with Gasteiger partial charge in [0, 0.05) is 38.9 Å². The Bertz CT molecular complexity index is 683. The van der Waals surface area contributed by atoms with Crippen LogP contribution in [0.1, 0.15) is 12.2 Å². The third-order valence-electron chi connectivity index (χ3n) is 4.75. The quantitative estimate of drug-likeness (QED) is 0.844. The lowest BCUT2D eigenvalue weighted by Gasteiger charge is -2.29. The van der Waals surface area contributed by atoms with Gasteiger partial charge >= 0.3 is 0 Å². The van der Waals surface area contributed by atoms with E-state index in [9.17, 15) is 0 Å². The van der Waals surface area contributed by atoms with E-state index in [1.165, 1.54) is 6.42 Å². The average molecular weight is 329 g/mol. The van der Waals surface area contributed by atoms with Gasteiger partial charge in [-0.1, -0.05) is 5.16 Å². The molecule has 0 bridgehead atoms.